The first kappa shape index (κ1) is 17.8. The van der Waals surface area contributed by atoms with Crippen molar-refractivity contribution in [3.63, 3.8) is 0 Å². The number of hydrogen-bond donors (Lipinski definition) is 1. The van der Waals surface area contributed by atoms with Crippen molar-refractivity contribution in [3.05, 3.63) is 27.7 Å². The number of benzene rings is 1. The van der Waals surface area contributed by atoms with Crippen molar-refractivity contribution < 1.29 is 9.15 Å². The van der Waals surface area contributed by atoms with Gasteiger partial charge < -0.3 is 19.8 Å². The number of nitrogen functional groups attached to an aromatic ring is 1. The summed E-state index contributed by atoms with van der Waals surface area (Å²) in [4.78, 5) is 14.6. The van der Waals surface area contributed by atoms with Gasteiger partial charge in [-0.15, -0.1) is 5.10 Å². The number of aromatic nitrogens is 2. The molecule has 7 nitrogen and oxygen atoms in total. The van der Waals surface area contributed by atoms with Crippen LogP contribution in [-0.4, -0.2) is 41.4 Å². The summed E-state index contributed by atoms with van der Waals surface area (Å²) in [6.07, 6.45) is 3.20. The molecular formula is C17H23ClN4O3. The fraction of sp³-hybridized carbons (Fsp3) is 0.529. The van der Waals surface area contributed by atoms with E-state index in [2.05, 4.69) is 16.9 Å². The van der Waals surface area contributed by atoms with Gasteiger partial charge in [0.15, 0.2) is 0 Å². The molecule has 8 heteroatoms. The van der Waals surface area contributed by atoms with Gasteiger partial charge in [-0.25, -0.2) is 4.79 Å². The average molecular weight is 367 g/mol. The van der Waals surface area contributed by atoms with E-state index < -0.39 is 5.76 Å². The molecule has 1 aliphatic rings. The Morgan fingerprint density at radius 3 is 3.00 bits per heavy atom. The van der Waals surface area contributed by atoms with Crippen LogP contribution in [0.25, 0.3) is 11.5 Å². The topological polar surface area (TPSA) is 86.5 Å². The Morgan fingerprint density at radius 1 is 1.48 bits per heavy atom. The minimum absolute atomic E-state index is 0.0251. The highest BCUT2D eigenvalue weighted by Gasteiger charge is 2.27. The molecule has 0 aliphatic carbocycles. The smallest absolute Gasteiger partial charge is 0.437 e. The Bertz CT molecular complexity index is 802. The Hall–Kier alpha value is -1.99. The van der Waals surface area contributed by atoms with Crippen molar-refractivity contribution in [3.8, 4) is 17.2 Å². The highest BCUT2D eigenvalue weighted by molar-refractivity contribution is 6.33. The summed E-state index contributed by atoms with van der Waals surface area (Å²) in [5.41, 5.74) is 6.70. The quantitative estimate of drug-likeness (QED) is 0.791. The molecule has 1 aromatic carbocycles. The highest BCUT2D eigenvalue weighted by atomic mass is 35.5. The Labute approximate surface area is 151 Å². The molecule has 1 saturated heterocycles. The first-order valence-electron chi connectivity index (χ1n) is 8.48. The maximum Gasteiger partial charge on any atom is 0.437 e. The number of unbranched alkanes of at least 4 members (excludes halogenated alkanes) is 1. The molecule has 1 aliphatic heterocycles. The summed E-state index contributed by atoms with van der Waals surface area (Å²) in [5, 5.41) is 4.75. The molecule has 0 spiro atoms. The standard InChI is InChI=1S/C17H23ClN4O3/c1-3-4-6-21-7-5-11(10-21)22-17(23)25-16(20-22)12-8-13(18)14(19)9-15(12)24-2/h8-9,11H,3-7,10,19H2,1-2H3. The Balaban J connectivity index is 1.87. The van der Waals surface area contributed by atoms with Crippen molar-refractivity contribution in [2.45, 2.75) is 32.2 Å². The maximum atomic E-state index is 12.3. The van der Waals surface area contributed by atoms with Gasteiger partial charge in [-0.3, -0.25) is 0 Å². The van der Waals surface area contributed by atoms with Crippen molar-refractivity contribution >= 4 is 17.3 Å². The Kier molecular flexibility index (Phi) is 5.34. The van der Waals surface area contributed by atoms with Gasteiger partial charge in [0.05, 0.1) is 29.4 Å². The molecule has 0 amide bonds. The second kappa shape index (κ2) is 7.49. The zero-order valence-electron chi connectivity index (χ0n) is 14.5. The van der Waals surface area contributed by atoms with E-state index in [9.17, 15) is 4.79 Å². The van der Waals surface area contributed by atoms with Gasteiger partial charge >= 0.3 is 5.76 Å². The fourth-order valence-electron chi connectivity index (χ4n) is 3.13. The van der Waals surface area contributed by atoms with Gasteiger partial charge in [0.25, 0.3) is 5.89 Å². The average Bonchev–Trinajstić information content (AvgIpc) is 3.21. The third-order valence-corrected chi connectivity index (χ3v) is 4.87. The number of nitrogens with two attached hydrogens (primary N) is 1. The van der Waals surface area contributed by atoms with E-state index in [-0.39, 0.29) is 11.9 Å². The van der Waals surface area contributed by atoms with Crippen LogP contribution in [0, 0.1) is 0 Å². The van der Waals surface area contributed by atoms with Crippen LogP contribution in [0.5, 0.6) is 5.75 Å². The molecule has 136 valence electrons. The minimum Gasteiger partial charge on any atom is -0.496 e. The number of hydrogen-bond acceptors (Lipinski definition) is 6. The van der Waals surface area contributed by atoms with Gasteiger partial charge in [0, 0.05) is 19.2 Å². The number of anilines is 1. The third kappa shape index (κ3) is 3.67. The van der Waals surface area contributed by atoms with Crippen molar-refractivity contribution in [2.24, 2.45) is 0 Å². The lowest BCUT2D eigenvalue weighted by Gasteiger charge is -2.14. The number of methoxy groups -OCH3 is 1. The SMILES string of the molecule is CCCCN1CCC(n2nc(-c3cc(Cl)c(N)cc3OC)oc2=O)C1. The lowest BCUT2D eigenvalue weighted by molar-refractivity contribution is 0.309. The molecule has 0 radical (unpaired) electrons. The first-order chi connectivity index (χ1) is 12.0. The molecule has 1 aromatic heterocycles. The van der Waals surface area contributed by atoms with Crippen LogP contribution in [0.15, 0.2) is 21.3 Å². The van der Waals surface area contributed by atoms with Gasteiger partial charge in [0.1, 0.15) is 5.75 Å². The number of rotatable bonds is 6. The summed E-state index contributed by atoms with van der Waals surface area (Å²) in [6, 6.07) is 3.23. The van der Waals surface area contributed by atoms with Gasteiger partial charge in [-0.2, -0.15) is 4.68 Å². The normalized spacial score (nSPS) is 18.0. The number of nitrogens with zero attached hydrogens (tertiary/aromatic N) is 3. The van der Waals surface area contributed by atoms with Crippen LogP contribution < -0.4 is 16.2 Å². The number of ether oxygens (including phenoxy) is 1. The molecule has 2 N–H and O–H groups in total. The third-order valence-electron chi connectivity index (χ3n) is 4.54. The van der Waals surface area contributed by atoms with Crippen LogP contribution in [0.4, 0.5) is 5.69 Å². The molecule has 1 fully saturated rings. The summed E-state index contributed by atoms with van der Waals surface area (Å²) in [7, 11) is 1.52. The van der Waals surface area contributed by atoms with Crippen molar-refractivity contribution in [1.29, 1.82) is 0 Å². The zero-order chi connectivity index (χ0) is 18.0. The van der Waals surface area contributed by atoms with E-state index in [4.69, 9.17) is 26.5 Å². The van der Waals surface area contributed by atoms with E-state index >= 15 is 0 Å². The van der Waals surface area contributed by atoms with Crippen LogP contribution in [-0.2, 0) is 0 Å². The van der Waals surface area contributed by atoms with Gasteiger partial charge in [-0.1, -0.05) is 24.9 Å². The molecular weight excluding hydrogens is 344 g/mol. The lowest BCUT2D eigenvalue weighted by Crippen LogP contribution is -2.26. The zero-order valence-corrected chi connectivity index (χ0v) is 15.3. The highest BCUT2D eigenvalue weighted by Crippen LogP contribution is 2.35. The predicted octanol–water partition coefficient (Wildman–Crippen LogP) is 2.79. The van der Waals surface area contributed by atoms with Gasteiger partial charge in [-0.05, 0) is 25.5 Å². The van der Waals surface area contributed by atoms with Crippen LogP contribution in [0.3, 0.4) is 0 Å². The summed E-state index contributed by atoms with van der Waals surface area (Å²) in [6.45, 7) is 5.00. The minimum atomic E-state index is -0.465. The molecule has 3 rings (SSSR count). The molecule has 0 saturated carbocycles. The predicted molar refractivity (Wildman–Crippen MR) is 97.2 cm³/mol. The van der Waals surface area contributed by atoms with Crippen LogP contribution in [0.2, 0.25) is 5.02 Å². The van der Waals surface area contributed by atoms with Crippen molar-refractivity contribution in [2.75, 3.05) is 32.5 Å². The second-order valence-corrected chi connectivity index (χ2v) is 6.70. The molecule has 2 heterocycles. The fourth-order valence-corrected chi connectivity index (χ4v) is 3.29. The van der Waals surface area contributed by atoms with Crippen LogP contribution >= 0.6 is 11.6 Å². The lowest BCUT2D eigenvalue weighted by atomic mass is 10.2. The largest absolute Gasteiger partial charge is 0.496 e. The molecule has 1 atom stereocenters. The molecule has 0 bridgehead atoms. The van der Waals surface area contributed by atoms with E-state index in [1.807, 2.05) is 0 Å². The van der Waals surface area contributed by atoms with Gasteiger partial charge in [0.2, 0.25) is 0 Å². The Morgan fingerprint density at radius 2 is 2.28 bits per heavy atom. The van der Waals surface area contributed by atoms with Crippen LogP contribution in [0.1, 0.15) is 32.2 Å². The second-order valence-electron chi connectivity index (χ2n) is 6.29. The molecule has 1 unspecified atom stereocenters. The van der Waals surface area contributed by atoms with E-state index in [1.54, 1.807) is 12.1 Å². The van der Waals surface area contributed by atoms with E-state index in [0.29, 0.717) is 22.0 Å². The molecule has 2 aromatic rings. The van der Waals surface area contributed by atoms with E-state index in [0.717, 1.165) is 38.9 Å². The number of likely N-dealkylation sites (tertiary alicyclic amines) is 1. The summed E-state index contributed by atoms with van der Waals surface area (Å²) in [5.74, 6) is 0.189. The molecule has 25 heavy (non-hydrogen) atoms. The van der Waals surface area contributed by atoms with Crippen molar-refractivity contribution in [1.82, 2.24) is 14.7 Å². The maximum absolute atomic E-state index is 12.3. The summed E-state index contributed by atoms with van der Waals surface area (Å²) < 4.78 is 12.1. The first-order valence-corrected chi connectivity index (χ1v) is 8.86. The van der Waals surface area contributed by atoms with E-state index in [1.165, 1.54) is 11.8 Å². The monoisotopic (exact) mass is 366 g/mol. The summed E-state index contributed by atoms with van der Waals surface area (Å²) >= 11 is 6.09. The number of halogens is 1.